The van der Waals surface area contributed by atoms with Crippen LogP contribution in [0.1, 0.15) is 63.1 Å². The maximum Gasteiger partial charge on any atom is 0.229 e. The number of aryl methyl sites for hydroxylation is 1. The zero-order valence-corrected chi connectivity index (χ0v) is 14.0. The third-order valence-corrected chi connectivity index (χ3v) is 5.10. The van der Waals surface area contributed by atoms with E-state index in [4.69, 9.17) is 9.26 Å². The van der Waals surface area contributed by atoms with Gasteiger partial charge in [-0.2, -0.15) is 4.98 Å². The molecule has 6 heteroatoms. The molecule has 2 fully saturated rings. The van der Waals surface area contributed by atoms with Crippen LogP contribution in [0.4, 0.5) is 0 Å². The Hall–Kier alpha value is -1.43. The molecule has 0 atom stereocenters. The lowest BCUT2D eigenvalue weighted by atomic mass is 9.92. The van der Waals surface area contributed by atoms with Crippen LogP contribution in [0.25, 0.3) is 0 Å². The van der Waals surface area contributed by atoms with Gasteiger partial charge in [-0.1, -0.05) is 12.1 Å². The molecule has 1 aromatic heterocycles. The Labute approximate surface area is 137 Å². The average Bonchev–Trinajstić information content (AvgIpc) is 3.09. The highest BCUT2D eigenvalue weighted by Crippen LogP contribution is 2.26. The second kappa shape index (κ2) is 7.90. The van der Waals surface area contributed by atoms with E-state index in [2.05, 4.69) is 10.1 Å². The molecule has 0 aromatic carbocycles. The van der Waals surface area contributed by atoms with Crippen LogP contribution in [0.15, 0.2) is 4.52 Å². The fraction of sp³-hybridized carbons (Fsp3) is 0.824. The first-order valence-corrected chi connectivity index (χ1v) is 8.94. The zero-order valence-electron chi connectivity index (χ0n) is 14.0. The van der Waals surface area contributed by atoms with Gasteiger partial charge in [0.2, 0.25) is 11.8 Å². The monoisotopic (exact) mass is 321 g/mol. The Bertz CT molecular complexity index is 503. The molecule has 3 heterocycles. The van der Waals surface area contributed by atoms with Crippen LogP contribution in [-0.4, -0.2) is 47.3 Å². The topological polar surface area (TPSA) is 68.5 Å². The van der Waals surface area contributed by atoms with E-state index < -0.39 is 0 Å². The number of carbonyl (C=O) groups excluding carboxylic acids is 1. The van der Waals surface area contributed by atoms with Gasteiger partial charge in [-0.05, 0) is 38.0 Å². The summed E-state index contributed by atoms with van der Waals surface area (Å²) in [5.41, 5.74) is 0. The lowest BCUT2D eigenvalue weighted by Gasteiger charge is -2.31. The Kier molecular flexibility index (Phi) is 5.65. The first-order chi connectivity index (χ1) is 11.3. The minimum atomic E-state index is 0.280. The highest BCUT2D eigenvalue weighted by atomic mass is 16.5. The van der Waals surface area contributed by atoms with Gasteiger partial charge in [0.1, 0.15) is 0 Å². The molecule has 23 heavy (non-hydrogen) atoms. The molecule has 3 rings (SSSR count). The van der Waals surface area contributed by atoms with Crippen molar-refractivity contribution in [3.8, 4) is 0 Å². The maximum absolute atomic E-state index is 11.7. The fourth-order valence-electron chi connectivity index (χ4n) is 3.51. The normalized spacial score (nSPS) is 20.8. The van der Waals surface area contributed by atoms with E-state index in [0.717, 1.165) is 76.5 Å². The summed E-state index contributed by atoms with van der Waals surface area (Å²) in [4.78, 5) is 18.3. The molecule has 0 saturated carbocycles. The van der Waals surface area contributed by atoms with Crippen LogP contribution in [-0.2, 0) is 16.0 Å². The molecule has 1 aromatic rings. The molecule has 0 aliphatic carbocycles. The van der Waals surface area contributed by atoms with Crippen molar-refractivity contribution in [1.29, 1.82) is 0 Å². The smallest absolute Gasteiger partial charge is 0.229 e. The zero-order chi connectivity index (χ0) is 16.1. The summed E-state index contributed by atoms with van der Waals surface area (Å²) in [6, 6.07) is 0. The molecule has 6 nitrogen and oxygen atoms in total. The second-order valence-corrected chi connectivity index (χ2v) is 6.65. The number of nitrogens with zero attached hydrogens (tertiary/aromatic N) is 3. The number of hydrogen-bond acceptors (Lipinski definition) is 5. The molecular weight excluding hydrogens is 294 g/mol. The van der Waals surface area contributed by atoms with Crippen LogP contribution in [0, 0.1) is 5.92 Å². The van der Waals surface area contributed by atoms with E-state index in [9.17, 15) is 4.79 Å². The summed E-state index contributed by atoms with van der Waals surface area (Å²) in [7, 11) is 0. The van der Waals surface area contributed by atoms with E-state index in [1.165, 1.54) is 0 Å². The number of rotatable bonds is 5. The fourth-order valence-corrected chi connectivity index (χ4v) is 3.51. The Balaban J connectivity index is 1.42. The summed E-state index contributed by atoms with van der Waals surface area (Å²) in [6.07, 6.45) is 6.71. The number of ether oxygens (including phenoxy) is 1. The van der Waals surface area contributed by atoms with E-state index in [1.54, 1.807) is 0 Å². The summed E-state index contributed by atoms with van der Waals surface area (Å²) in [5, 5.41) is 4.14. The third-order valence-electron chi connectivity index (χ3n) is 5.10. The minimum absolute atomic E-state index is 0.280. The molecule has 2 aliphatic rings. The summed E-state index contributed by atoms with van der Waals surface area (Å²) in [6.45, 7) is 5.31. The number of piperidine rings is 1. The van der Waals surface area contributed by atoms with Crippen molar-refractivity contribution in [2.75, 3.05) is 26.3 Å². The van der Waals surface area contributed by atoms with Crippen LogP contribution in [0.2, 0.25) is 0 Å². The molecule has 2 saturated heterocycles. The lowest BCUT2D eigenvalue weighted by molar-refractivity contribution is -0.132. The van der Waals surface area contributed by atoms with Crippen molar-refractivity contribution in [1.82, 2.24) is 15.0 Å². The minimum Gasteiger partial charge on any atom is -0.381 e. The van der Waals surface area contributed by atoms with Crippen molar-refractivity contribution >= 4 is 5.91 Å². The molecular formula is C17H27N3O3. The van der Waals surface area contributed by atoms with Gasteiger partial charge in [0.15, 0.2) is 5.82 Å². The van der Waals surface area contributed by atoms with Crippen LogP contribution in [0.5, 0.6) is 0 Å². The number of likely N-dealkylation sites (tertiary alicyclic amines) is 1. The Morgan fingerprint density at radius 3 is 2.65 bits per heavy atom. The molecule has 0 spiro atoms. The van der Waals surface area contributed by atoms with E-state index in [0.29, 0.717) is 18.3 Å². The molecule has 128 valence electrons. The third kappa shape index (κ3) is 4.31. The van der Waals surface area contributed by atoms with E-state index in [-0.39, 0.29) is 5.91 Å². The van der Waals surface area contributed by atoms with E-state index in [1.807, 2.05) is 11.8 Å². The van der Waals surface area contributed by atoms with E-state index >= 15 is 0 Å². The van der Waals surface area contributed by atoms with Crippen molar-refractivity contribution < 1.29 is 14.1 Å². The second-order valence-electron chi connectivity index (χ2n) is 6.65. The highest BCUT2D eigenvalue weighted by Gasteiger charge is 2.24. The lowest BCUT2D eigenvalue weighted by Crippen LogP contribution is -2.38. The summed E-state index contributed by atoms with van der Waals surface area (Å²) >= 11 is 0. The average molecular weight is 321 g/mol. The molecule has 0 unspecified atom stereocenters. The predicted octanol–water partition coefficient (Wildman–Crippen LogP) is 2.54. The van der Waals surface area contributed by atoms with Gasteiger partial charge in [0, 0.05) is 45.1 Å². The van der Waals surface area contributed by atoms with Crippen molar-refractivity contribution in [3.05, 3.63) is 11.7 Å². The first kappa shape index (κ1) is 16.4. The summed E-state index contributed by atoms with van der Waals surface area (Å²) in [5.74, 6) is 2.93. The molecule has 0 radical (unpaired) electrons. The molecule has 0 bridgehead atoms. The maximum atomic E-state index is 11.7. The number of carbonyl (C=O) groups is 1. The van der Waals surface area contributed by atoms with Crippen molar-refractivity contribution in [3.63, 3.8) is 0 Å². The molecule has 2 aliphatic heterocycles. The highest BCUT2D eigenvalue weighted by molar-refractivity contribution is 5.75. The Morgan fingerprint density at radius 1 is 1.22 bits per heavy atom. The number of aromatic nitrogens is 2. The first-order valence-electron chi connectivity index (χ1n) is 8.94. The van der Waals surface area contributed by atoms with Crippen molar-refractivity contribution in [2.45, 2.75) is 57.8 Å². The van der Waals surface area contributed by atoms with Crippen LogP contribution in [0.3, 0.4) is 0 Å². The van der Waals surface area contributed by atoms with Gasteiger partial charge in [-0.15, -0.1) is 0 Å². The SMILES string of the molecule is CCC(=O)N1CCC(CCc2noc(C3CCOCC3)n2)CC1. The van der Waals surface area contributed by atoms with Gasteiger partial charge in [0.25, 0.3) is 0 Å². The predicted molar refractivity (Wildman–Crippen MR) is 85.0 cm³/mol. The number of hydrogen-bond donors (Lipinski definition) is 0. The van der Waals surface area contributed by atoms with Crippen molar-refractivity contribution in [2.24, 2.45) is 5.92 Å². The van der Waals surface area contributed by atoms with Gasteiger partial charge in [-0.25, -0.2) is 0 Å². The van der Waals surface area contributed by atoms with Crippen LogP contribution < -0.4 is 0 Å². The van der Waals surface area contributed by atoms with Crippen LogP contribution >= 0.6 is 0 Å². The molecule has 1 amide bonds. The van der Waals surface area contributed by atoms with Gasteiger partial charge in [-0.3, -0.25) is 4.79 Å². The number of amides is 1. The summed E-state index contributed by atoms with van der Waals surface area (Å²) < 4.78 is 10.8. The van der Waals surface area contributed by atoms with Gasteiger partial charge < -0.3 is 14.2 Å². The Morgan fingerprint density at radius 2 is 1.96 bits per heavy atom. The largest absolute Gasteiger partial charge is 0.381 e. The van der Waals surface area contributed by atoms with Gasteiger partial charge in [0.05, 0.1) is 0 Å². The standard InChI is InChI=1S/C17H27N3O3/c1-2-16(21)20-9-5-13(6-10-20)3-4-15-18-17(23-19-15)14-7-11-22-12-8-14/h13-14H,2-12H2,1H3. The van der Waals surface area contributed by atoms with Gasteiger partial charge >= 0.3 is 0 Å². The quantitative estimate of drug-likeness (QED) is 0.833. The molecule has 0 N–H and O–H groups in total.